The molecule has 1 aromatic rings. The summed E-state index contributed by atoms with van der Waals surface area (Å²) in [4.78, 5) is -0.282. The van der Waals surface area contributed by atoms with Gasteiger partial charge in [0.05, 0.1) is 6.10 Å². The van der Waals surface area contributed by atoms with Gasteiger partial charge >= 0.3 is 0 Å². The van der Waals surface area contributed by atoms with E-state index in [1.54, 1.807) is 7.11 Å². The van der Waals surface area contributed by atoms with E-state index in [1.807, 2.05) is 0 Å². The second kappa shape index (κ2) is 4.79. The third-order valence-electron chi connectivity index (χ3n) is 4.78. The lowest BCUT2D eigenvalue weighted by Gasteiger charge is -2.60. The summed E-state index contributed by atoms with van der Waals surface area (Å²) in [7, 11) is -2.15. The summed E-state index contributed by atoms with van der Waals surface area (Å²) in [6.45, 7) is 0. The van der Waals surface area contributed by atoms with E-state index in [0.717, 1.165) is 25.3 Å². The topological polar surface area (TPSA) is 55.4 Å². The molecule has 0 saturated heterocycles. The van der Waals surface area contributed by atoms with Crippen LogP contribution in [0.25, 0.3) is 0 Å². The SMILES string of the molecule is COC1CC(NS(=O)(=O)c2ccccc2F)C12CCC2. The van der Waals surface area contributed by atoms with Crippen molar-refractivity contribution in [3.05, 3.63) is 30.1 Å². The summed E-state index contributed by atoms with van der Waals surface area (Å²) in [5.41, 5.74) is -0.0763. The van der Waals surface area contributed by atoms with Crippen LogP contribution in [-0.4, -0.2) is 27.7 Å². The van der Waals surface area contributed by atoms with E-state index in [1.165, 1.54) is 18.2 Å². The summed E-state index contributed by atoms with van der Waals surface area (Å²) in [6.07, 6.45) is 3.80. The van der Waals surface area contributed by atoms with Gasteiger partial charge in [-0.1, -0.05) is 18.6 Å². The Morgan fingerprint density at radius 3 is 2.60 bits per heavy atom. The van der Waals surface area contributed by atoms with Crippen molar-refractivity contribution in [1.29, 1.82) is 0 Å². The van der Waals surface area contributed by atoms with Gasteiger partial charge in [-0.15, -0.1) is 0 Å². The summed E-state index contributed by atoms with van der Waals surface area (Å²) in [6, 6.07) is 5.30. The van der Waals surface area contributed by atoms with Crippen molar-refractivity contribution in [2.45, 2.75) is 42.7 Å². The fraction of sp³-hybridized carbons (Fsp3) is 0.571. The molecule has 1 aromatic carbocycles. The van der Waals surface area contributed by atoms with Crippen molar-refractivity contribution in [2.24, 2.45) is 5.41 Å². The number of benzene rings is 1. The van der Waals surface area contributed by atoms with Crippen molar-refractivity contribution in [3.8, 4) is 0 Å². The molecule has 2 atom stereocenters. The molecule has 110 valence electrons. The number of methoxy groups -OCH3 is 1. The minimum atomic E-state index is -3.81. The quantitative estimate of drug-likeness (QED) is 0.926. The molecule has 3 rings (SSSR count). The lowest BCUT2D eigenvalue weighted by molar-refractivity contribution is -0.155. The van der Waals surface area contributed by atoms with E-state index >= 15 is 0 Å². The molecule has 4 nitrogen and oxygen atoms in total. The van der Waals surface area contributed by atoms with Gasteiger partial charge in [0, 0.05) is 18.6 Å². The predicted octanol–water partition coefficient (Wildman–Crippen LogP) is 2.06. The molecule has 0 radical (unpaired) electrons. The molecule has 2 aliphatic rings. The van der Waals surface area contributed by atoms with Crippen molar-refractivity contribution in [3.63, 3.8) is 0 Å². The average molecular weight is 299 g/mol. The van der Waals surface area contributed by atoms with Crippen LogP contribution in [0, 0.1) is 11.2 Å². The molecular weight excluding hydrogens is 281 g/mol. The van der Waals surface area contributed by atoms with Gasteiger partial charge in [-0.05, 0) is 31.4 Å². The van der Waals surface area contributed by atoms with Gasteiger partial charge in [-0.3, -0.25) is 0 Å². The first-order chi connectivity index (χ1) is 9.49. The zero-order valence-corrected chi connectivity index (χ0v) is 12.1. The van der Waals surface area contributed by atoms with Crippen LogP contribution < -0.4 is 4.72 Å². The molecule has 0 aliphatic heterocycles. The number of ether oxygens (including phenoxy) is 1. The Balaban J connectivity index is 1.80. The first-order valence-electron chi connectivity index (χ1n) is 6.79. The number of nitrogens with one attached hydrogen (secondary N) is 1. The molecule has 6 heteroatoms. The standard InChI is InChI=1S/C14H18FNO3S/c1-19-13-9-12(14(13)7-4-8-14)16-20(17,18)11-6-3-2-5-10(11)15/h2-3,5-6,12-13,16H,4,7-9H2,1H3. The summed E-state index contributed by atoms with van der Waals surface area (Å²) in [5.74, 6) is -0.717. The van der Waals surface area contributed by atoms with Crippen molar-refractivity contribution in [1.82, 2.24) is 4.72 Å². The maximum Gasteiger partial charge on any atom is 0.243 e. The molecule has 0 aromatic heterocycles. The van der Waals surface area contributed by atoms with E-state index in [9.17, 15) is 12.8 Å². The largest absolute Gasteiger partial charge is 0.381 e. The highest BCUT2D eigenvalue weighted by molar-refractivity contribution is 7.89. The van der Waals surface area contributed by atoms with E-state index in [0.29, 0.717) is 6.42 Å². The Labute approximate surface area is 118 Å². The van der Waals surface area contributed by atoms with E-state index in [-0.39, 0.29) is 22.5 Å². The number of sulfonamides is 1. The molecule has 2 aliphatic carbocycles. The lowest BCUT2D eigenvalue weighted by atomic mass is 9.51. The highest BCUT2D eigenvalue weighted by Crippen LogP contribution is 2.57. The van der Waals surface area contributed by atoms with Gasteiger partial charge in [-0.25, -0.2) is 17.5 Å². The van der Waals surface area contributed by atoms with Gasteiger partial charge < -0.3 is 4.74 Å². The molecule has 0 bridgehead atoms. The van der Waals surface area contributed by atoms with E-state index < -0.39 is 15.8 Å². The summed E-state index contributed by atoms with van der Waals surface area (Å²) < 4.78 is 46.3. The smallest absolute Gasteiger partial charge is 0.243 e. The van der Waals surface area contributed by atoms with E-state index in [2.05, 4.69) is 4.72 Å². The van der Waals surface area contributed by atoms with Crippen LogP contribution in [0.2, 0.25) is 0 Å². The minimum Gasteiger partial charge on any atom is -0.381 e. The molecule has 0 heterocycles. The number of rotatable bonds is 4. The van der Waals surface area contributed by atoms with Gasteiger partial charge in [0.2, 0.25) is 10.0 Å². The summed E-state index contributed by atoms with van der Waals surface area (Å²) >= 11 is 0. The third kappa shape index (κ3) is 1.98. The molecule has 2 fully saturated rings. The van der Waals surface area contributed by atoms with Crippen LogP contribution in [-0.2, 0) is 14.8 Å². The molecule has 0 amide bonds. The molecular formula is C14H18FNO3S. The van der Waals surface area contributed by atoms with Crippen molar-refractivity contribution >= 4 is 10.0 Å². The highest BCUT2D eigenvalue weighted by atomic mass is 32.2. The lowest BCUT2D eigenvalue weighted by Crippen LogP contribution is -2.67. The molecule has 1 N–H and O–H groups in total. The number of hydrogen-bond donors (Lipinski definition) is 1. The van der Waals surface area contributed by atoms with Crippen LogP contribution in [0.1, 0.15) is 25.7 Å². The molecule has 1 spiro atoms. The predicted molar refractivity (Wildman–Crippen MR) is 72.2 cm³/mol. The van der Waals surface area contributed by atoms with Crippen LogP contribution in [0.4, 0.5) is 4.39 Å². The third-order valence-corrected chi connectivity index (χ3v) is 6.28. The Morgan fingerprint density at radius 2 is 2.05 bits per heavy atom. The van der Waals surface area contributed by atoms with E-state index in [4.69, 9.17) is 4.74 Å². The van der Waals surface area contributed by atoms with Gasteiger partial charge in [-0.2, -0.15) is 0 Å². The molecule has 20 heavy (non-hydrogen) atoms. The van der Waals surface area contributed by atoms with Crippen LogP contribution >= 0.6 is 0 Å². The Morgan fingerprint density at radius 1 is 1.35 bits per heavy atom. The fourth-order valence-electron chi connectivity index (χ4n) is 3.41. The van der Waals surface area contributed by atoms with Crippen LogP contribution in [0.5, 0.6) is 0 Å². The maximum absolute atomic E-state index is 13.6. The summed E-state index contributed by atoms with van der Waals surface area (Å²) in [5, 5.41) is 0. The molecule has 2 unspecified atom stereocenters. The maximum atomic E-state index is 13.6. The Bertz CT molecular complexity index is 613. The normalized spacial score (nSPS) is 27.9. The average Bonchev–Trinajstić information content (AvgIpc) is 2.32. The van der Waals surface area contributed by atoms with Crippen LogP contribution in [0.3, 0.4) is 0 Å². The minimum absolute atomic E-state index is 0.0763. The highest BCUT2D eigenvalue weighted by Gasteiger charge is 2.59. The first kappa shape index (κ1) is 14.0. The monoisotopic (exact) mass is 299 g/mol. The second-order valence-electron chi connectivity index (χ2n) is 5.65. The fourth-order valence-corrected chi connectivity index (χ4v) is 4.83. The Hall–Kier alpha value is -0.980. The Kier molecular flexibility index (Phi) is 3.35. The number of hydrogen-bond acceptors (Lipinski definition) is 3. The zero-order valence-electron chi connectivity index (χ0n) is 11.3. The second-order valence-corrected chi connectivity index (χ2v) is 7.33. The first-order valence-corrected chi connectivity index (χ1v) is 8.27. The van der Waals surface area contributed by atoms with Gasteiger partial charge in [0.1, 0.15) is 10.7 Å². The van der Waals surface area contributed by atoms with Crippen molar-refractivity contribution in [2.75, 3.05) is 7.11 Å². The van der Waals surface area contributed by atoms with Crippen LogP contribution in [0.15, 0.2) is 29.2 Å². The van der Waals surface area contributed by atoms with Gasteiger partial charge in [0.25, 0.3) is 0 Å². The van der Waals surface area contributed by atoms with Gasteiger partial charge in [0.15, 0.2) is 0 Å². The van der Waals surface area contributed by atoms with Crippen molar-refractivity contribution < 1.29 is 17.5 Å². The molecule has 2 saturated carbocycles. The number of halogens is 1. The zero-order chi connectivity index (χ0) is 14.4.